The number of halogens is 1. The number of methoxy groups -OCH3 is 1. The topological polar surface area (TPSA) is 67.9 Å². The third-order valence-corrected chi connectivity index (χ3v) is 6.30. The third-order valence-electron chi connectivity index (χ3n) is 5.81. The molecule has 2 amide bonds. The molecule has 0 bridgehead atoms. The Labute approximate surface area is 228 Å². The van der Waals surface area contributed by atoms with Gasteiger partial charge in [-0.25, -0.2) is 0 Å². The molecule has 0 heterocycles. The van der Waals surface area contributed by atoms with Gasteiger partial charge in [-0.15, -0.1) is 0 Å². The van der Waals surface area contributed by atoms with Crippen LogP contribution in [0.2, 0.25) is 0 Å². The van der Waals surface area contributed by atoms with Crippen molar-refractivity contribution in [3.8, 4) is 11.5 Å². The summed E-state index contributed by atoms with van der Waals surface area (Å²) in [5.74, 6) is 1.24. The Morgan fingerprint density at radius 1 is 0.919 bits per heavy atom. The van der Waals surface area contributed by atoms with Gasteiger partial charge in [-0.05, 0) is 67.8 Å². The molecule has 0 saturated heterocycles. The maximum atomic E-state index is 13.6. The molecular weight excluding hydrogens is 532 g/mol. The first-order valence-electron chi connectivity index (χ1n) is 12.5. The van der Waals surface area contributed by atoms with E-state index in [0.29, 0.717) is 26.0 Å². The highest BCUT2D eigenvalue weighted by Gasteiger charge is 2.30. The molecular formula is C30H35BrN2O4. The van der Waals surface area contributed by atoms with E-state index in [-0.39, 0.29) is 24.3 Å². The molecule has 1 N–H and O–H groups in total. The highest BCUT2D eigenvalue weighted by Crippen LogP contribution is 2.20. The second-order valence-corrected chi connectivity index (χ2v) is 10.1. The van der Waals surface area contributed by atoms with Crippen molar-refractivity contribution in [3.63, 3.8) is 0 Å². The van der Waals surface area contributed by atoms with Crippen LogP contribution in [0.3, 0.4) is 0 Å². The number of ether oxygens (including phenoxy) is 2. The van der Waals surface area contributed by atoms with Gasteiger partial charge in [0.2, 0.25) is 11.8 Å². The SMILES string of the molecule is COc1ccc(OCCCC(=O)N(Cc2cccc(Br)c2)C(Cc2ccccc2)C(=O)NC(C)C)cc1. The second-order valence-electron chi connectivity index (χ2n) is 9.15. The minimum absolute atomic E-state index is 0.0357. The zero-order chi connectivity index (χ0) is 26.6. The molecule has 0 fully saturated rings. The first-order chi connectivity index (χ1) is 17.9. The predicted octanol–water partition coefficient (Wildman–Crippen LogP) is 5.78. The van der Waals surface area contributed by atoms with Crippen molar-refractivity contribution in [2.24, 2.45) is 0 Å². The van der Waals surface area contributed by atoms with Gasteiger partial charge in [-0.1, -0.05) is 58.4 Å². The fourth-order valence-corrected chi connectivity index (χ4v) is 4.44. The van der Waals surface area contributed by atoms with Crippen LogP contribution >= 0.6 is 15.9 Å². The van der Waals surface area contributed by atoms with Gasteiger partial charge in [0, 0.05) is 29.9 Å². The number of rotatable bonds is 13. The van der Waals surface area contributed by atoms with Gasteiger partial charge in [-0.3, -0.25) is 9.59 Å². The highest BCUT2D eigenvalue weighted by atomic mass is 79.9. The van der Waals surface area contributed by atoms with Crippen LogP contribution < -0.4 is 14.8 Å². The van der Waals surface area contributed by atoms with Crippen LogP contribution in [0.25, 0.3) is 0 Å². The fourth-order valence-electron chi connectivity index (χ4n) is 4.00. The molecule has 0 radical (unpaired) electrons. The molecule has 7 heteroatoms. The monoisotopic (exact) mass is 566 g/mol. The quantitative estimate of drug-likeness (QED) is 0.266. The van der Waals surface area contributed by atoms with Crippen LogP contribution in [0, 0.1) is 0 Å². The van der Waals surface area contributed by atoms with E-state index in [4.69, 9.17) is 9.47 Å². The Kier molecular flexibility index (Phi) is 11.0. The van der Waals surface area contributed by atoms with E-state index in [9.17, 15) is 9.59 Å². The van der Waals surface area contributed by atoms with E-state index in [1.807, 2.05) is 92.7 Å². The number of carbonyl (C=O) groups excluding carboxylic acids is 2. The minimum atomic E-state index is -0.640. The van der Waals surface area contributed by atoms with Crippen molar-refractivity contribution in [1.82, 2.24) is 10.2 Å². The Morgan fingerprint density at radius 2 is 1.59 bits per heavy atom. The number of benzene rings is 3. The van der Waals surface area contributed by atoms with Gasteiger partial charge in [0.05, 0.1) is 13.7 Å². The summed E-state index contributed by atoms with van der Waals surface area (Å²) in [6.45, 7) is 4.58. The molecule has 0 aliphatic rings. The zero-order valence-electron chi connectivity index (χ0n) is 21.7. The van der Waals surface area contributed by atoms with Crippen molar-refractivity contribution in [1.29, 1.82) is 0 Å². The molecule has 196 valence electrons. The van der Waals surface area contributed by atoms with E-state index in [0.717, 1.165) is 27.1 Å². The maximum Gasteiger partial charge on any atom is 0.243 e. The van der Waals surface area contributed by atoms with E-state index in [1.54, 1.807) is 12.0 Å². The average Bonchev–Trinajstić information content (AvgIpc) is 2.89. The number of amides is 2. The summed E-state index contributed by atoms with van der Waals surface area (Å²) in [5, 5.41) is 3.02. The third kappa shape index (κ3) is 9.25. The fraction of sp³-hybridized carbons (Fsp3) is 0.333. The molecule has 0 aliphatic carbocycles. The predicted molar refractivity (Wildman–Crippen MR) is 150 cm³/mol. The normalized spacial score (nSPS) is 11.6. The van der Waals surface area contributed by atoms with Crippen molar-refractivity contribution >= 4 is 27.7 Å². The zero-order valence-corrected chi connectivity index (χ0v) is 23.2. The summed E-state index contributed by atoms with van der Waals surface area (Å²) < 4.78 is 11.9. The molecule has 0 aliphatic heterocycles. The lowest BCUT2D eigenvalue weighted by Crippen LogP contribution is -2.51. The number of hydrogen-bond donors (Lipinski definition) is 1. The first kappa shape index (κ1) is 28.3. The summed E-state index contributed by atoms with van der Waals surface area (Å²) in [7, 11) is 1.62. The standard InChI is InChI=1S/C30H35BrN2O4/c1-22(2)32-30(35)28(20-23-9-5-4-6-10-23)33(21-24-11-7-12-25(31)19-24)29(34)13-8-18-37-27-16-14-26(36-3)15-17-27/h4-7,9-12,14-17,19,22,28H,8,13,18,20-21H2,1-3H3,(H,32,35). The van der Waals surface area contributed by atoms with Crippen LogP contribution in [0.5, 0.6) is 11.5 Å². The summed E-state index contributed by atoms with van der Waals surface area (Å²) in [4.78, 5) is 28.7. The van der Waals surface area contributed by atoms with Crippen LogP contribution in [0.15, 0.2) is 83.3 Å². The van der Waals surface area contributed by atoms with Gasteiger partial charge in [0.15, 0.2) is 0 Å². The van der Waals surface area contributed by atoms with Crippen LogP contribution in [-0.4, -0.2) is 42.5 Å². The summed E-state index contributed by atoms with van der Waals surface area (Å²) in [5.41, 5.74) is 1.95. The van der Waals surface area contributed by atoms with Crippen molar-refractivity contribution in [3.05, 3.63) is 94.5 Å². The van der Waals surface area contributed by atoms with Gasteiger partial charge >= 0.3 is 0 Å². The molecule has 3 aromatic rings. The lowest BCUT2D eigenvalue weighted by atomic mass is 10.0. The molecule has 37 heavy (non-hydrogen) atoms. The number of carbonyl (C=O) groups is 2. The highest BCUT2D eigenvalue weighted by molar-refractivity contribution is 9.10. The smallest absolute Gasteiger partial charge is 0.243 e. The largest absolute Gasteiger partial charge is 0.497 e. The summed E-state index contributed by atoms with van der Waals surface area (Å²) in [6.07, 6.45) is 1.23. The van der Waals surface area contributed by atoms with E-state index >= 15 is 0 Å². The average molecular weight is 568 g/mol. The lowest BCUT2D eigenvalue weighted by Gasteiger charge is -2.32. The Morgan fingerprint density at radius 3 is 2.24 bits per heavy atom. The Bertz CT molecular complexity index is 1140. The molecule has 6 nitrogen and oxygen atoms in total. The van der Waals surface area contributed by atoms with Crippen molar-refractivity contribution in [2.75, 3.05) is 13.7 Å². The molecule has 3 rings (SSSR count). The van der Waals surface area contributed by atoms with E-state index < -0.39 is 6.04 Å². The van der Waals surface area contributed by atoms with Gasteiger partial charge in [0.25, 0.3) is 0 Å². The molecule has 0 aromatic heterocycles. The van der Waals surface area contributed by atoms with Gasteiger partial charge in [0.1, 0.15) is 17.5 Å². The van der Waals surface area contributed by atoms with Crippen molar-refractivity contribution < 1.29 is 19.1 Å². The first-order valence-corrected chi connectivity index (χ1v) is 13.3. The van der Waals surface area contributed by atoms with Crippen LogP contribution in [0.4, 0.5) is 0 Å². The number of nitrogens with one attached hydrogen (secondary N) is 1. The van der Waals surface area contributed by atoms with E-state index in [1.165, 1.54) is 0 Å². The lowest BCUT2D eigenvalue weighted by molar-refractivity contribution is -0.141. The Hall–Kier alpha value is -3.32. The van der Waals surface area contributed by atoms with Gasteiger partial charge < -0.3 is 19.7 Å². The second kappa shape index (κ2) is 14.4. The molecule has 1 unspecified atom stereocenters. The van der Waals surface area contributed by atoms with E-state index in [2.05, 4.69) is 21.2 Å². The molecule has 3 aromatic carbocycles. The van der Waals surface area contributed by atoms with Crippen molar-refractivity contribution in [2.45, 2.75) is 51.7 Å². The molecule has 1 atom stereocenters. The summed E-state index contributed by atoms with van der Waals surface area (Å²) in [6, 6.07) is 24.3. The molecule has 0 spiro atoms. The van der Waals surface area contributed by atoms with Crippen LogP contribution in [-0.2, 0) is 22.6 Å². The summed E-state index contributed by atoms with van der Waals surface area (Å²) >= 11 is 3.52. The Balaban J connectivity index is 1.76. The molecule has 0 saturated carbocycles. The minimum Gasteiger partial charge on any atom is -0.497 e. The van der Waals surface area contributed by atoms with Gasteiger partial charge in [-0.2, -0.15) is 0 Å². The van der Waals surface area contributed by atoms with Crippen LogP contribution in [0.1, 0.15) is 37.8 Å². The number of hydrogen-bond acceptors (Lipinski definition) is 4. The maximum absolute atomic E-state index is 13.6. The number of nitrogens with zero attached hydrogens (tertiary/aromatic N) is 1.